The summed E-state index contributed by atoms with van der Waals surface area (Å²) in [5, 5.41) is 3.08. The van der Waals surface area contributed by atoms with E-state index < -0.39 is 0 Å². The van der Waals surface area contributed by atoms with E-state index in [2.05, 4.69) is 38.2 Å². The molecular weight excluding hydrogens is 395 g/mol. The van der Waals surface area contributed by atoms with E-state index in [0.717, 1.165) is 24.0 Å². The van der Waals surface area contributed by atoms with Crippen LogP contribution in [0.4, 0.5) is 9.18 Å². The van der Waals surface area contributed by atoms with E-state index in [-0.39, 0.29) is 17.9 Å². The van der Waals surface area contributed by atoms with Gasteiger partial charge in [-0.1, -0.05) is 48.9 Å². The number of nitrogens with zero attached hydrogens (tertiary/aromatic N) is 1. The summed E-state index contributed by atoms with van der Waals surface area (Å²) < 4.78 is 13.6. The summed E-state index contributed by atoms with van der Waals surface area (Å²) in [7, 11) is 0. The molecule has 2 amide bonds. The van der Waals surface area contributed by atoms with Crippen molar-refractivity contribution in [1.82, 2.24) is 10.2 Å². The number of hydrogen-bond acceptors (Lipinski definition) is 2. The lowest BCUT2D eigenvalue weighted by molar-refractivity contribution is 0.181. The average Bonchev–Trinajstić information content (AvgIpc) is 3.08. The highest BCUT2D eigenvalue weighted by molar-refractivity contribution is 7.12. The van der Waals surface area contributed by atoms with Gasteiger partial charge in [-0.2, -0.15) is 0 Å². The van der Waals surface area contributed by atoms with Crippen LogP contribution in [0.3, 0.4) is 0 Å². The van der Waals surface area contributed by atoms with Crippen LogP contribution in [0.5, 0.6) is 0 Å². The maximum absolute atomic E-state index is 13.6. The van der Waals surface area contributed by atoms with E-state index in [1.165, 1.54) is 38.6 Å². The zero-order valence-corrected chi connectivity index (χ0v) is 18.5. The average molecular weight is 423 g/mol. The van der Waals surface area contributed by atoms with E-state index in [9.17, 15) is 9.18 Å². The van der Waals surface area contributed by atoms with Crippen molar-refractivity contribution in [2.24, 2.45) is 0 Å². The Hall–Kier alpha value is -2.66. The molecule has 0 spiro atoms. The number of nitrogens with one attached hydrogen (secondary N) is 1. The molecule has 3 nitrogen and oxygen atoms in total. The predicted molar refractivity (Wildman–Crippen MR) is 121 cm³/mol. The molecule has 30 heavy (non-hydrogen) atoms. The van der Waals surface area contributed by atoms with Crippen molar-refractivity contribution < 1.29 is 9.18 Å². The first kappa shape index (κ1) is 20.6. The SMILES string of the molecule is CCc1c(C)sc2c1CCN(C(=O)NCc1ccc(C)cc1)[C@H]2c1ccc(F)cc1. The van der Waals surface area contributed by atoms with Crippen molar-refractivity contribution >= 4 is 17.4 Å². The van der Waals surface area contributed by atoms with Gasteiger partial charge in [0.15, 0.2) is 0 Å². The van der Waals surface area contributed by atoms with Gasteiger partial charge in [0.1, 0.15) is 5.82 Å². The van der Waals surface area contributed by atoms with Gasteiger partial charge in [0, 0.05) is 22.8 Å². The minimum Gasteiger partial charge on any atom is -0.334 e. The lowest BCUT2D eigenvalue weighted by atomic mass is 9.92. The first-order valence-electron chi connectivity index (χ1n) is 10.4. The van der Waals surface area contributed by atoms with E-state index >= 15 is 0 Å². The van der Waals surface area contributed by atoms with E-state index in [4.69, 9.17) is 0 Å². The maximum atomic E-state index is 13.6. The minimum absolute atomic E-state index is 0.0837. The molecule has 2 heterocycles. The number of halogens is 1. The van der Waals surface area contributed by atoms with E-state index in [0.29, 0.717) is 13.1 Å². The molecule has 1 atom stereocenters. The fourth-order valence-corrected chi connectivity index (χ4v) is 5.73. The fraction of sp³-hybridized carbons (Fsp3) is 0.320. The second-order valence-corrected chi connectivity index (χ2v) is 9.13. The third-order valence-electron chi connectivity index (χ3n) is 5.88. The van der Waals surface area contributed by atoms with Crippen LogP contribution < -0.4 is 5.32 Å². The number of carbonyl (C=O) groups excluding carboxylic acids is 1. The smallest absolute Gasteiger partial charge is 0.318 e. The first-order valence-corrected chi connectivity index (χ1v) is 11.3. The Labute approximate surface area is 181 Å². The monoisotopic (exact) mass is 422 g/mol. The molecule has 0 radical (unpaired) electrons. The molecule has 1 aromatic heterocycles. The molecule has 1 N–H and O–H groups in total. The molecule has 0 aliphatic carbocycles. The van der Waals surface area contributed by atoms with Gasteiger partial charge in [-0.15, -0.1) is 11.3 Å². The van der Waals surface area contributed by atoms with Crippen LogP contribution in [0, 0.1) is 19.7 Å². The van der Waals surface area contributed by atoms with Gasteiger partial charge < -0.3 is 10.2 Å². The van der Waals surface area contributed by atoms with E-state index in [1.807, 2.05) is 17.0 Å². The Bertz CT molecular complexity index is 1040. The molecule has 156 valence electrons. The third kappa shape index (κ3) is 3.99. The van der Waals surface area contributed by atoms with Crippen molar-refractivity contribution in [2.45, 2.75) is 46.2 Å². The van der Waals surface area contributed by atoms with Crippen molar-refractivity contribution in [2.75, 3.05) is 6.54 Å². The van der Waals surface area contributed by atoms with Crippen LogP contribution in [0.1, 0.15) is 50.5 Å². The molecule has 3 aromatic rings. The Morgan fingerprint density at radius 1 is 1.13 bits per heavy atom. The number of benzene rings is 2. The van der Waals surface area contributed by atoms with Crippen molar-refractivity contribution in [3.05, 3.63) is 91.9 Å². The summed E-state index contributed by atoms with van der Waals surface area (Å²) >= 11 is 1.77. The summed E-state index contributed by atoms with van der Waals surface area (Å²) in [6, 6.07) is 14.5. The summed E-state index contributed by atoms with van der Waals surface area (Å²) in [6.45, 7) is 7.53. The Morgan fingerprint density at radius 2 is 1.83 bits per heavy atom. The van der Waals surface area contributed by atoms with Gasteiger partial charge in [-0.25, -0.2) is 9.18 Å². The number of rotatable bonds is 4. The molecule has 4 rings (SSSR count). The van der Waals surface area contributed by atoms with Gasteiger partial charge in [-0.3, -0.25) is 0 Å². The summed E-state index contributed by atoms with van der Waals surface area (Å²) in [4.78, 5) is 17.6. The molecule has 0 saturated carbocycles. The lowest BCUT2D eigenvalue weighted by Crippen LogP contribution is -2.45. The van der Waals surface area contributed by atoms with Crippen LogP contribution in [0.2, 0.25) is 0 Å². The number of urea groups is 1. The zero-order valence-electron chi connectivity index (χ0n) is 17.7. The molecule has 0 bridgehead atoms. The van der Waals surface area contributed by atoms with Crippen molar-refractivity contribution in [3.63, 3.8) is 0 Å². The Kier molecular flexibility index (Phi) is 5.91. The van der Waals surface area contributed by atoms with Crippen LogP contribution in [-0.2, 0) is 19.4 Å². The third-order valence-corrected chi connectivity index (χ3v) is 7.12. The van der Waals surface area contributed by atoms with Crippen LogP contribution in [0.25, 0.3) is 0 Å². The molecule has 5 heteroatoms. The van der Waals surface area contributed by atoms with Crippen LogP contribution >= 0.6 is 11.3 Å². The van der Waals surface area contributed by atoms with Gasteiger partial charge in [0.05, 0.1) is 6.04 Å². The number of fused-ring (bicyclic) bond motifs is 1. The quantitative estimate of drug-likeness (QED) is 0.556. The minimum atomic E-state index is -0.262. The Morgan fingerprint density at radius 3 is 2.50 bits per heavy atom. The molecule has 0 fully saturated rings. The zero-order chi connectivity index (χ0) is 21.3. The number of carbonyl (C=O) groups is 1. The number of thiophene rings is 1. The molecular formula is C25H27FN2OS. The maximum Gasteiger partial charge on any atom is 0.318 e. The van der Waals surface area contributed by atoms with Crippen molar-refractivity contribution in [3.8, 4) is 0 Å². The van der Waals surface area contributed by atoms with Crippen molar-refractivity contribution in [1.29, 1.82) is 0 Å². The number of hydrogen-bond donors (Lipinski definition) is 1. The molecule has 0 saturated heterocycles. The summed E-state index contributed by atoms with van der Waals surface area (Å²) in [5.74, 6) is -0.262. The number of aryl methyl sites for hydroxylation is 2. The van der Waals surface area contributed by atoms with E-state index in [1.54, 1.807) is 23.5 Å². The molecule has 1 aliphatic heterocycles. The first-order chi connectivity index (χ1) is 14.5. The van der Waals surface area contributed by atoms with Crippen LogP contribution in [0.15, 0.2) is 48.5 Å². The standard InChI is InChI=1S/C25H27FN2OS/c1-4-21-17(3)30-24-22(21)13-14-28(23(24)19-9-11-20(26)12-10-19)25(29)27-15-18-7-5-16(2)6-8-18/h5-12,23H,4,13-15H2,1-3H3,(H,27,29)/t23-/m0/s1. The summed E-state index contributed by atoms with van der Waals surface area (Å²) in [5.41, 5.74) is 6.00. The molecule has 0 unspecified atom stereocenters. The fourth-order valence-electron chi connectivity index (χ4n) is 4.29. The molecule has 2 aromatic carbocycles. The highest BCUT2D eigenvalue weighted by atomic mass is 32.1. The van der Waals surface area contributed by atoms with Gasteiger partial charge >= 0.3 is 6.03 Å². The Balaban J connectivity index is 1.64. The normalized spacial score (nSPS) is 15.7. The van der Waals surface area contributed by atoms with Gasteiger partial charge in [0.25, 0.3) is 0 Å². The largest absolute Gasteiger partial charge is 0.334 e. The second-order valence-electron chi connectivity index (χ2n) is 7.87. The lowest BCUT2D eigenvalue weighted by Gasteiger charge is -2.36. The van der Waals surface area contributed by atoms with Gasteiger partial charge in [-0.05, 0) is 61.1 Å². The molecule has 1 aliphatic rings. The van der Waals surface area contributed by atoms with Crippen LogP contribution in [-0.4, -0.2) is 17.5 Å². The highest BCUT2D eigenvalue weighted by Gasteiger charge is 2.35. The summed E-state index contributed by atoms with van der Waals surface area (Å²) in [6.07, 6.45) is 1.85. The second kappa shape index (κ2) is 8.60. The highest BCUT2D eigenvalue weighted by Crippen LogP contribution is 2.42. The topological polar surface area (TPSA) is 32.3 Å². The number of amides is 2. The predicted octanol–water partition coefficient (Wildman–Crippen LogP) is 5.92. The van der Waals surface area contributed by atoms with Gasteiger partial charge in [0.2, 0.25) is 0 Å².